The monoisotopic (exact) mass is 274 g/mol. The molecule has 1 aromatic carbocycles. The fourth-order valence-electron chi connectivity index (χ4n) is 1.73. The van der Waals surface area contributed by atoms with Crippen molar-refractivity contribution < 1.29 is 9.53 Å². The first-order valence-corrected chi connectivity index (χ1v) is 6.60. The summed E-state index contributed by atoms with van der Waals surface area (Å²) in [4.78, 5) is 15.6. The number of H-pyrrole nitrogens is 1. The number of aromatic amines is 1. The molecular weight excluding hydrogens is 256 g/mol. The molecule has 0 radical (unpaired) electrons. The molecule has 0 unspecified atom stereocenters. The summed E-state index contributed by atoms with van der Waals surface area (Å²) in [6.07, 6.45) is 3.01. The molecule has 0 saturated heterocycles. The highest BCUT2D eigenvalue weighted by molar-refractivity contribution is 5.77. The lowest BCUT2D eigenvalue weighted by Gasteiger charge is -2.08. The highest BCUT2D eigenvalue weighted by Gasteiger charge is 2.03. The van der Waals surface area contributed by atoms with Gasteiger partial charge in [-0.15, -0.1) is 0 Å². The Balaban J connectivity index is 1.69. The molecule has 0 aliphatic carbocycles. The largest absolute Gasteiger partial charge is 0.484 e. The molecule has 0 bridgehead atoms. The number of carbonyl (C=O) groups excluding carboxylic acids is 1. The van der Waals surface area contributed by atoms with Crippen LogP contribution in [0.3, 0.4) is 0 Å². The van der Waals surface area contributed by atoms with E-state index in [0.29, 0.717) is 13.0 Å². The predicted octanol–water partition coefficient (Wildman–Crippen LogP) is 1.10. The average molecular weight is 274 g/mol. The van der Waals surface area contributed by atoms with E-state index >= 15 is 0 Å². The molecule has 1 amide bonds. The van der Waals surface area contributed by atoms with E-state index in [-0.39, 0.29) is 12.5 Å². The first kappa shape index (κ1) is 14.0. The number of rotatable bonds is 7. The Morgan fingerprint density at radius 1 is 1.45 bits per heavy atom. The van der Waals surface area contributed by atoms with Crippen LogP contribution in [0, 0.1) is 0 Å². The Hall–Kier alpha value is -2.37. The van der Waals surface area contributed by atoms with Gasteiger partial charge in [0, 0.05) is 13.0 Å². The zero-order valence-corrected chi connectivity index (χ0v) is 11.4. The van der Waals surface area contributed by atoms with Crippen LogP contribution in [0.5, 0.6) is 5.75 Å². The number of hydrogen-bond donors (Lipinski definition) is 2. The Morgan fingerprint density at radius 3 is 3.10 bits per heavy atom. The van der Waals surface area contributed by atoms with E-state index in [0.717, 1.165) is 18.0 Å². The van der Waals surface area contributed by atoms with Crippen molar-refractivity contribution >= 4 is 5.91 Å². The van der Waals surface area contributed by atoms with Crippen LogP contribution in [0.25, 0.3) is 0 Å². The van der Waals surface area contributed by atoms with Gasteiger partial charge in [-0.05, 0) is 24.1 Å². The minimum atomic E-state index is -0.147. The zero-order valence-electron chi connectivity index (χ0n) is 11.4. The van der Waals surface area contributed by atoms with Gasteiger partial charge < -0.3 is 10.1 Å². The van der Waals surface area contributed by atoms with E-state index in [4.69, 9.17) is 4.74 Å². The molecule has 2 rings (SSSR count). The third kappa shape index (κ3) is 4.38. The van der Waals surface area contributed by atoms with Crippen LogP contribution >= 0.6 is 0 Å². The highest BCUT2D eigenvalue weighted by atomic mass is 16.5. The van der Waals surface area contributed by atoms with E-state index < -0.39 is 0 Å². The molecule has 1 heterocycles. The van der Waals surface area contributed by atoms with Gasteiger partial charge in [0.25, 0.3) is 5.91 Å². The number of amides is 1. The quantitative estimate of drug-likeness (QED) is 0.792. The van der Waals surface area contributed by atoms with Gasteiger partial charge >= 0.3 is 0 Å². The van der Waals surface area contributed by atoms with Crippen LogP contribution in [0.2, 0.25) is 0 Å². The summed E-state index contributed by atoms with van der Waals surface area (Å²) in [6.45, 7) is 2.60. The minimum absolute atomic E-state index is 0.0174. The maximum Gasteiger partial charge on any atom is 0.257 e. The second-order valence-corrected chi connectivity index (χ2v) is 4.32. The van der Waals surface area contributed by atoms with Crippen molar-refractivity contribution in [2.45, 2.75) is 19.8 Å². The van der Waals surface area contributed by atoms with Gasteiger partial charge in [0.15, 0.2) is 6.61 Å². The van der Waals surface area contributed by atoms with E-state index in [9.17, 15) is 4.79 Å². The molecule has 0 aliphatic rings. The topological polar surface area (TPSA) is 79.9 Å². The number of carbonyl (C=O) groups is 1. The number of ether oxygens (including phenoxy) is 1. The van der Waals surface area contributed by atoms with Gasteiger partial charge in [-0.2, -0.15) is 5.10 Å². The standard InChI is InChI=1S/C14H18N4O2/c1-2-11-4-3-5-12(8-11)20-9-14(19)15-7-6-13-16-10-17-18-13/h3-5,8,10H,2,6-7,9H2,1H3,(H,15,19)(H,16,17,18). The molecule has 20 heavy (non-hydrogen) atoms. The second kappa shape index (κ2) is 7.28. The van der Waals surface area contributed by atoms with Crippen LogP contribution in [-0.4, -0.2) is 34.2 Å². The predicted molar refractivity (Wildman–Crippen MR) is 74.4 cm³/mol. The molecular formula is C14H18N4O2. The van der Waals surface area contributed by atoms with Gasteiger partial charge in [-0.3, -0.25) is 9.89 Å². The average Bonchev–Trinajstić information content (AvgIpc) is 2.98. The van der Waals surface area contributed by atoms with Gasteiger partial charge in [-0.25, -0.2) is 4.98 Å². The number of hydrogen-bond acceptors (Lipinski definition) is 4. The Labute approximate surface area is 117 Å². The van der Waals surface area contributed by atoms with E-state index in [1.165, 1.54) is 11.9 Å². The molecule has 0 atom stereocenters. The van der Waals surface area contributed by atoms with Crippen LogP contribution in [0.15, 0.2) is 30.6 Å². The molecule has 6 nitrogen and oxygen atoms in total. The Bertz CT molecular complexity index is 540. The van der Waals surface area contributed by atoms with Crippen molar-refractivity contribution in [1.29, 1.82) is 0 Å². The number of aryl methyl sites for hydroxylation is 1. The SMILES string of the molecule is CCc1cccc(OCC(=O)NCCc2ncn[nH]2)c1. The summed E-state index contributed by atoms with van der Waals surface area (Å²) in [5, 5.41) is 9.24. The molecule has 0 saturated carbocycles. The van der Waals surface area contributed by atoms with Crippen molar-refractivity contribution in [3.05, 3.63) is 42.0 Å². The van der Waals surface area contributed by atoms with Gasteiger partial charge in [0.1, 0.15) is 17.9 Å². The zero-order chi connectivity index (χ0) is 14.2. The second-order valence-electron chi connectivity index (χ2n) is 4.32. The smallest absolute Gasteiger partial charge is 0.257 e. The third-order valence-electron chi connectivity index (χ3n) is 2.83. The van der Waals surface area contributed by atoms with E-state index in [2.05, 4.69) is 27.4 Å². The Kier molecular flexibility index (Phi) is 5.11. The summed E-state index contributed by atoms with van der Waals surface area (Å²) < 4.78 is 5.45. The van der Waals surface area contributed by atoms with Crippen LogP contribution < -0.4 is 10.1 Å². The Morgan fingerprint density at radius 2 is 2.35 bits per heavy atom. The fourth-order valence-corrected chi connectivity index (χ4v) is 1.73. The minimum Gasteiger partial charge on any atom is -0.484 e. The van der Waals surface area contributed by atoms with Crippen molar-refractivity contribution in [2.75, 3.05) is 13.2 Å². The summed E-state index contributed by atoms with van der Waals surface area (Å²) in [6, 6.07) is 7.75. The normalized spacial score (nSPS) is 10.2. The van der Waals surface area contributed by atoms with Crippen molar-refractivity contribution in [3.63, 3.8) is 0 Å². The summed E-state index contributed by atoms with van der Waals surface area (Å²) >= 11 is 0. The molecule has 0 aliphatic heterocycles. The van der Waals surface area contributed by atoms with Crippen LogP contribution in [0.1, 0.15) is 18.3 Å². The van der Waals surface area contributed by atoms with E-state index in [1.54, 1.807) is 0 Å². The molecule has 6 heteroatoms. The molecule has 106 valence electrons. The number of aromatic nitrogens is 3. The first-order valence-electron chi connectivity index (χ1n) is 6.60. The lowest BCUT2D eigenvalue weighted by atomic mass is 10.2. The molecule has 2 aromatic rings. The van der Waals surface area contributed by atoms with Crippen LogP contribution in [0.4, 0.5) is 0 Å². The van der Waals surface area contributed by atoms with Gasteiger partial charge in [-0.1, -0.05) is 19.1 Å². The molecule has 0 spiro atoms. The number of nitrogens with one attached hydrogen (secondary N) is 2. The molecule has 0 fully saturated rings. The van der Waals surface area contributed by atoms with Gasteiger partial charge in [0.05, 0.1) is 0 Å². The molecule has 2 N–H and O–H groups in total. The highest BCUT2D eigenvalue weighted by Crippen LogP contribution is 2.13. The first-order chi connectivity index (χ1) is 9.78. The van der Waals surface area contributed by atoms with Crippen molar-refractivity contribution in [1.82, 2.24) is 20.5 Å². The van der Waals surface area contributed by atoms with Crippen molar-refractivity contribution in [3.8, 4) is 5.75 Å². The molecule has 1 aromatic heterocycles. The summed E-state index contributed by atoms with van der Waals surface area (Å²) in [5.74, 6) is 1.32. The maximum atomic E-state index is 11.6. The number of nitrogens with zero attached hydrogens (tertiary/aromatic N) is 2. The van der Waals surface area contributed by atoms with Crippen molar-refractivity contribution in [2.24, 2.45) is 0 Å². The summed E-state index contributed by atoms with van der Waals surface area (Å²) in [5.41, 5.74) is 1.19. The van der Waals surface area contributed by atoms with Crippen LogP contribution in [-0.2, 0) is 17.6 Å². The lowest BCUT2D eigenvalue weighted by molar-refractivity contribution is -0.123. The third-order valence-corrected chi connectivity index (χ3v) is 2.83. The van der Waals surface area contributed by atoms with Gasteiger partial charge in [0.2, 0.25) is 0 Å². The summed E-state index contributed by atoms with van der Waals surface area (Å²) in [7, 11) is 0. The maximum absolute atomic E-state index is 11.6. The van der Waals surface area contributed by atoms with E-state index in [1.807, 2.05) is 24.3 Å². The number of benzene rings is 1. The fraction of sp³-hybridized carbons (Fsp3) is 0.357. The lowest BCUT2D eigenvalue weighted by Crippen LogP contribution is -2.30.